The van der Waals surface area contributed by atoms with Crippen LogP contribution in [-0.2, 0) is 24.3 Å². The molecule has 0 N–H and O–H groups in total. The lowest BCUT2D eigenvalue weighted by Crippen LogP contribution is -2.59. The monoisotopic (exact) mass is 566 g/mol. The van der Waals surface area contributed by atoms with Gasteiger partial charge in [0, 0.05) is 42.3 Å². The fourth-order valence-electron chi connectivity index (χ4n) is 5.95. The van der Waals surface area contributed by atoms with Gasteiger partial charge in [-0.1, -0.05) is 66.7 Å². The number of carbonyl (C=O) groups excluding carboxylic acids is 1. The summed E-state index contributed by atoms with van der Waals surface area (Å²) in [5.74, 6) is 0.797. The predicted octanol–water partition coefficient (Wildman–Crippen LogP) is 5.98. The van der Waals surface area contributed by atoms with Gasteiger partial charge in [0.25, 0.3) is 0 Å². The molecule has 4 aromatic rings. The smallest absolute Gasteiger partial charge is 0.410 e. The van der Waals surface area contributed by atoms with E-state index in [1.54, 1.807) is 4.90 Å². The van der Waals surface area contributed by atoms with Crippen molar-refractivity contribution in [2.75, 3.05) is 29.4 Å². The Hall–Kier alpha value is -4.35. The van der Waals surface area contributed by atoms with Crippen LogP contribution in [0, 0.1) is 11.3 Å². The highest BCUT2D eigenvalue weighted by Crippen LogP contribution is 2.35. The molecule has 1 saturated heterocycles. The molecule has 208 valence electrons. The van der Waals surface area contributed by atoms with Crippen molar-refractivity contribution in [2.45, 2.75) is 45.0 Å². The minimum Gasteiger partial charge on any atom is -0.445 e. The largest absolute Gasteiger partial charge is 0.445 e. The number of hydrogen-bond acceptors (Lipinski definition) is 7. The van der Waals surface area contributed by atoms with Gasteiger partial charge in [-0.3, -0.25) is 0 Å². The number of amides is 1. The van der Waals surface area contributed by atoms with E-state index in [0.717, 1.165) is 35.6 Å². The molecule has 0 spiro atoms. The molecular formula is C32H31ClN6O2. The molecule has 41 heavy (non-hydrogen) atoms. The Morgan fingerprint density at radius 2 is 1.83 bits per heavy atom. The number of carbonyl (C=O) groups is 1. The van der Waals surface area contributed by atoms with Crippen LogP contribution in [0.3, 0.4) is 0 Å². The summed E-state index contributed by atoms with van der Waals surface area (Å²) in [4.78, 5) is 28.7. The molecule has 3 heterocycles. The molecule has 8 nitrogen and oxygen atoms in total. The molecule has 3 aromatic carbocycles. The summed E-state index contributed by atoms with van der Waals surface area (Å²) in [6.45, 7) is 4.57. The summed E-state index contributed by atoms with van der Waals surface area (Å²) in [6, 6.07) is 26.2. The third kappa shape index (κ3) is 5.50. The van der Waals surface area contributed by atoms with E-state index in [1.165, 1.54) is 16.5 Å². The fourth-order valence-corrected chi connectivity index (χ4v) is 6.13. The molecule has 0 bridgehead atoms. The molecule has 1 fully saturated rings. The summed E-state index contributed by atoms with van der Waals surface area (Å²) < 4.78 is 5.63. The topological polar surface area (TPSA) is 85.6 Å². The first kappa shape index (κ1) is 26.9. The minimum atomic E-state index is -0.408. The Morgan fingerprint density at radius 1 is 1.05 bits per heavy atom. The van der Waals surface area contributed by atoms with Gasteiger partial charge in [-0.25, -0.2) is 14.8 Å². The third-order valence-electron chi connectivity index (χ3n) is 8.00. The van der Waals surface area contributed by atoms with Crippen molar-refractivity contribution < 1.29 is 9.53 Å². The van der Waals surface area contributed by atoms with Gasteiger partial charge < -0.3 is 19.4 Å². The predicted molar refractivity (Wildman–Crippen MR) is 160 cm³/mol. The van der Waals surface area contributed by atoms with E-state index >= 15 is 0 Å². The summed E-state index contributed by atoms with van der Waals surface area (Å²) in [5.41, 5.74) is 4.08. The summed E-state index contributed by atoms with van der Waals surface area (Å²) >= 11 is 6.51. The molecule has 2 aliphatic heterocycles. The third-order valence-corrected chi connectivity index (χ3v) is 8.17. The van der Waals surface area contributed by atoms with E-state index in [-0.39, 0.29) is 30.4 Å². The van der Waals surface area contributed by atoms with Crippen LogP contribution < -0.4 is 9.80 Å². The van der Waals surface area contributed by atoms with Crippen molar-refractivity contribution in [2.24, 2.45) is 0 Å². The van der Waals surface area contributed by atoms with Crippen molar-refractivity contribution in [1.82, 2.24) is 14.9 Å². The van der Waals surface area contributed by atoms with E-state index in [4.69, 9.17) is 21.3 Å². The summed E-state index contributed by atoms with van der Waals surface area (Å²) in [7, 11) is 0. The molecule has 0 aliphatic carbocycles. The lowest BCUT2D eigenvalue weighted by molar-refractivity contribution is 0.0709. The van der Waals surface area contributed by atoms with E-state index in [2.05, 4.69) is 70.2 Å². The van der Waals surface area contributed by atoms with Crippen LogP contribution >= 0.6 is 11.6 Å². The quantitative estimate of drug-likeness (QED) is 0.275. The molecular weight excluding hydrogens is 536 g/mol. The first-order chi connectivity index (χ1) is 20.0. The van der Waals surface area contributed by atoms with Crippen LogP contribution in [0.4, 0.5) is 16.3 Å². The zero-order valence-electron chi connectivity index (χ0n) is 22.9. The molecule has 0 radical (unpaired) electrons. The molecule has 9 heteroatoms. The highest BCUT2D eigenvalue weighted by Gasteiger charge is 2.38. The van der Waals surface area contributed by atoms with Crippen molar-refractivity contribution in [3.05, 3.63) is 94.9 Å². The average Bonchev–Trinajstić information content (AvgIpc) is 3.00. The van der Waals surface area contributed by atoms with Gasteiger partial charge in [-0.2, -0.15) is 5.26 Å². The van der Waals surface area contributed by atoms with Crippen LogP contribution in [0.1, 0.15) is 30.2 Å². The normalized spacial score (nSPS) is 18.6. The van der Waals surface area contributed by atoms with Crippen molar-refractivity contribution in [3.8, 4) is 6.07 Å². The van der Waals surface area contributed by atoms with Crippen molar-refractivity contribution >= 4 is 40.0 Å². The molecule has 2 atom stereocenters. The number of nitrogens with zero attached hydrogens (tertiary/aromatic N) is 6. The van der Waals surface area contributed by atoms with Gasteiger partial charge >= 0.3 is 6.09 Å². The second-order valence-electron chi connectivity index (χ2n) is 10.6. The first-order valence-corrected chi connectivity index (χ1v) is 14.3. The number of rotatable bonds is 5. The van der Waals surface area contributed by atoms with Crippen molar-refractivity contribution in [1.29, 1.82) is 5.26 Å². The molecule has 1 aromatic heterocycles. The lowest BCUT2D eigenvalue weighted by Gasteiger charge is -2.45. The number of ether oxygens (including phenoxy) is 1. The number of fused-ring (bicyclic) bond motifs is 2. The van der Waals surface area contributed by atoms with Crippen LogP contribution in [0.5, 0.6) is 0 Å². The zero-order valence-corrected chi connectivity index (χ0v) is 23.7. The minimum absolute atomic E-state index is 0.0552. The lowest BCUT2D eigenvalue weighted by atomic mass is 10.00. The van der Waals surface area contributed by atoms with E-state index < -0.39 is 6.09 Å². The number of halogens is 1. The molecule has 1 unspecified atom stereocenters. The number of benzene rings is 3. The SMILES string of the molecule is CC1CN(C(=O)OCc2ccccc2)[C@@H](CC#N)CN1c1nc(Cl)nc2c1CCN(c1cccc3ccccc13)C2. The zero-order chi connectivity index (χ0) is 28.3. The van der Waals surface area contributed by atoms with Gasteiger partial charge in [0.1, 0.15) is 12.4 Å². The maximum Gasteiger partial charge on any atom is 0.410 e. The highest BCUT2D eigenvalue weighted by atomic mass is 35.5. The second-order valence-corrected chi connectivity index (χ2v) is 11.0. The van der Waals surface area contributed by atoms with Gasteiger partial charge in [0.15, 0.2) is 0 Å². The summed E-state index contributed by atoms with van der Waals surface area (Å²) in [5, 5.41) is 12.2. The maximum absolute atomic E-state index is 13.1. The van der Waals surface area contributed by atoms with E-state index in [1.807, 2.05) is 30.3 Å². The molecule has 1 amide bonds. The fraction of sp³-hybridized carbons (Fsp3) is 0.312. The molecule has 6 rings (SSSR count). The van der Waals surface area contributed by atoms with Gasteiger partial charge in [-0.05, 0) is 42.0 Å². The van der Waals surface area contributed by atoms with E-state index in [0.29, 0.717) is 19.6 Å². The number of hydrogen-bond donors (Lipinski definition) is 0. The van der Waals surface area contributed by atoms with Crippen LogP contribution in [0.15, 0.2) is 72.8 Å². The average molecular weight is 567 g/mol. The Morgan fingerprint density at radius 3 is 2.66 bits per heavy atom. The summed E-state index contributed by atoms with van der Waals surface area (Å²) in [6.07, 6.45) is 0.550. The number of piperazine rings is 1. The Kier molecular flexibility index (Phi) is 7.62. The Balaban J connectivity index is 1.24. The van der Waals surface area contributed by atoms with Gasteiger partial charge in [-0.15, -0.1) is 0 Å². The first-order valence-electron chi connectivity index (χ1n) is 13.9. The van der Waals surface area contributed by atoms with Crippen LogP contribution in [-0.4, -0.2) is 52.7 Å². The molecule has 2 aliphatic rings. The Bertz CT molecular complexity index is 1600. The number of nitriles is 1. The van der Waals surface area contributed by atoms with Gasteiger partial charge in [0.05, 0.1) is 30.8 Å². The standard InChI is InChI=1S/C32H31ClN6O2/c1-22-18-39(32(40)41-21-23-8-3-2-4-9-23)25(14-16-34)19-38(22)30-27-15-17-37(20-28(27)35-31(33)36-30)29-13-7-11-24-10-5-6-12-26(24)29/h2-13,22,25H,14-15,17-21H2,1H3/t22?,25-/m0/s1. The second kappa shape index (κ2) is 11.6. The van der Waals surface area contributed by atoms with Crippen molar-refractivity contribution in [3.63, 3.8) is 0 Å². The maximum atomic E-state index is 13.1. The van der Waals surface area contributed by atoms with Crippen LogP contribution in [0.2, 0.25) is 5.28 Å². The van der Waals surface area contributed by atoms with E-state index in [9.17, 15) is 10.1 Å². The highest BCUT2D eigenvalue weighted by molar-refractivity contribution is 6.28. The van der Waals surface area contributed by atoms with Crippen LogP contribution in [0.25, 0.3) is 10.8 Å². The Labute approximate surface area is 244 Å². The molecule has 0 saturated carbocycles. The number of anilines is 2. The number of aromatic nitrogens is 2. The van der Waals surface area contributed by atoms with Gasteiger partial charge in [0.2, 0.25) is 5.28 Å².